The van der Waals surface area contributed by atoms with Crippen molar-refractivity contribution >= 4 is 11.9 Å². The first kappa shape index (κ1) is 12.0. The molecule has 6 nitrogen and oxygen atoms in total. The zero-order valence-corrected chi connectivity index (χ0v) is 8.80. The molecule has 2 N–H and O–H groups in total. The van der Waals surface area contributed by atoms with Crippen molar-refractivity contribution in [3.8, 4) is 5.75 Å². The van der Waals surface area contributed by atoms with E-state index in [1.54, 1.807) is 13.8 Å². The lowest BCUT2D eigenvalue weighted by Crippen LogP contribution is -2.13. The molecule has 16 heavy (non-hydrogen) atoms. The van der Waals surface area contributed by atoms with Gasteiger partial charge in [0.05, 0.1) is 6.10 Å². The first-order valence-electron chi connectivity index (χ1n) is 4.56. The number of aromatic nitrogens is 1. The van der Waals surface area contributed by atoms with Gasteiger partial charge in [-0.3, -0.25) is 0 Å². The van der Waals surface area contributed by atoms with Crippen LogP contribution in [0.25, 0.3) is 0 Å². The monoisotopic (exact) mass is 225 g/mol. The maximum atomic E-state index is 10.8. The van der Waals surface area contributed by atoms with E-state index in [2.05, 4.69) is 4.98 Å². The van der Waals surface area contributed by atoms with Crippen LogP contribution in [0, 0.1) is 0 Å². The van der Waals surface area contributed by atoms with Gasteiger partial charge in [-0.2, -0.15) is 0 Å². The number of carbonyl (C=O) groups is 2. The van der Waals surface area contributed by atoms with Gasteiger partial charge in [0, 0.05) is 0 Å². The van der Waals surface area contributed by atoms with Crippen molar-refractivity contribution in [1.29, 1.82) is 0 Å². The van der Waals surface area contributed by atoms with Gasteiger partial charge in [0.2, 0.25) is 0 Å². The fourth-order valence-corrected chi connectivity index (χ4v) is 1.07. The minimum atomic E-state index is -1.32. The molecule has 0 spiro atoms. The van der Waals surface area contributed by atoms with Gasteiger partial charge in [0.15, 0.2) is 11.4 Å². The highest BCUT2D eigenvalue weighted by atomic mass is 16.5. The van der Waals surface area contributed by atoms with E-state index < -0.39 is 17.6 Å². The van der Waals surface area contributed by atoms with Crippen molar-refractivity contribution in [3.63, 3.8) is 0 Å². The fraction of sp³-hybridized carbons (Fsp3) is 0.300. The SMILES string of the molecule is CC(C)Oc1ccc(C(=O)O)nc1C(=O)O. The van der Waals surface area contributed by atoms with Crippen molar-refractivity contribution in [3.05, 3.63) is 23.5 Å². The Morgan fingerprint density at radius 1 is 1.25 bits per heavy atom. The molecule has 1 aromatic heterocycles. The van der Waals surface area contributed by atoms with Crippen molar-refractivity contribution in [1.82, 2.24) is 4.98 Å². The summed E-state index contributed by atoms with van der Waals surface area (Å²) in [6.45, 7) is 3.47. The molecule has 0 atom stereocenters. The molecule has 1 aromatic rings. The van der Waals surface area contributed by atoms with Crippen molar-refractivity contribution in [2.24, 2.45) is 0 Å². The Morgan fingerprint density at radius 3 is 2.31 bits per heavy atom. The van der Waals surface area contributed by atoms with E-state index in [-0.39, 0.29) is 17.5 Å². The smallest absolute Gasteiger partial charge is 0.358 e. The second kappa shape index (κ2) is 4.61. The lowest BCUT2D eigenvalue weighted by Gasteiger charge is -2.11. The number of hydrogen-bond acceptors (Lipinski definition) is 4. The number of rotatable bonds is 4. The molecule has 0 radical (unpaired) electrons. The van der Waals surface area contributed by atoms with Crippen molar-refractivity contribution < 1.29 is 24.5 Å². The zero-order chi connectivity index (χ0) is 12.3. The van der Waals surface area contributed by atoms with Crippen LogP contribution in [0.4, 0.5) is 0 Å². The van der Waals surface area contributed by atoms with E-state index in [0.29, 0.717) is 0 Å². The summed E-state index contributed by atoms with van der Waals surface area (Å²) in [5.41, 5.74) is -0.720. The molecular weight excluding hydrogens is 214 g/mol. The quantitative estimate of drug-likeness (QED) is 0.800. The Balaban J connectivity index is 3.19. The van der Waals surface area contributed by atoms with E-state index >= 15 is 0 Å². The summed E-state index contributed by atoms with van der Waals surface area (Å²) >= 11 is 0. The van der Waals surface area contributed by atoms with Gasteiger partial charge >= 0.3 is 11.9 Å². The highest BCUT2D eigenvalue weighted by Gasteiger charge is 2.17. The first-order valence-corrected chi connectivity index (χ1v) is 4.56. The van der Waals surface area contributed by atoms with Crippen LogP contribution in [-0.2, 0) is 0 Å². The molecule has 0 saturated heterocycles. The molecular formula is C10H11NO5. The summed E-state index contributed by atoms with van der Waals surface area (Å²) in [6, 6.07) is 2.49. The number of carboxylic acids is 2. The highest BCUT2D eigenvalue weighted by Crippen LogP contribution is 2.18. The van der Waals surface area contributed by atoms with Crippen LogP contribution in [0.5, 0.6) is 5.75 Å². The third kappa shape index (κ3) is 2.69. The zero-order valence-electron chi connectivity index (χ0n) is 8.80. The number of carboxylic acid groups (broad SMARTS) is 2. The molecule has 0 aliphatic rings. The number of ether oxygens (including phenoxy) is 1. The standard InChI is InChI=1S/C10H11NO5/c1-5(2)16-7-4-3-6(9(12)13)11-8(7)10(14)15/h3-5H,1-2H3,(H,12,13)(H,14,15). The molecule has 0 amide bonds. The van der Waals surface area contributed by atoms with Crippen molar-refractivity contribution in [2.75, 3.05) is 0 Å². The molecule has 0 saturated carbocycles. The Labute approximate surface area is 91.5 Å². The highest BCUT2D eigenvalue weighted by molar-refractivity contribution is 5.92. The number of pyridine rings is 1. The van der Waals surface area contributed by atoms with Crippen LogP contribution >= 0.6 is 0 Å². The molecule has 0 aliphatic heterocycles. The molecule has 0 aromatic carbocycles. The molecule has 6 heteroatoms. The van der Waals surface area contributed by atoms with Crippen LogP contribution in [0.15, 0.2) is 12.1 Å². The maximum absolute atomic E-state index is 10.8. The Hall–Kier alpha value is -2.11. The molecule has 0 aliphatic carbocycles. The molecule has 1 heterocycles. The van der Waals surface area contributed by atoms with Gasteiger partial charge in [0.25, 0.3) is 0 Å². The second-order valence-electron chi connectivity index (χ2n) is 3.32. The van der Waals surface area contributed by atoms with Gasteiger partial charge in [-0.15, -0.1) is 0 Å². The average Bonchev–Trinajstić information content (AvgIpc) is 2.16. The summed E-state index contributed by atoms with van der Waals surface area (Å²) in [5.74, 6) is -2.54. The first-order chi connectivity index (χ1) is 7.41. The van der Waals surface area contributed by atoms with Crippen molar-refractivity contribution in [2.45, 2.75) is 20.0 Å². The summed E-state index contributed by atoms with van der Waals surface area (Å²) in [6.07, 6.45) is -0.212. The lowest BCUT2D eigenvalue weighted by atomic mass is 10.2. The number of hydrogen-bond donors (Lipinski definition) is 2. The minimum Gasteiger partial charge on any atom is -0.488 e. The summed E-state index contributed by atoms with van der Waals surface area (Å²) in [4.78, 5) is 25.0. The van der Waals surface area contributed by atoms with E-state index in [1.807, 2.05) is 0 Å². The molecule has 1 rings (SSSR count). The van der Waals surface area contributed by atoms with Crippen LogP contribution < -0.4 is 4.74 Å². The van der Waals surface area contributed by atoms with Crippen LogP contribution in [0.3, 0.4) is 0 Å². The van der Waals surface area contributed by atoms with Crippen LogP contribution in [0.2, 0.25) is 0 Å². The van der Waals surface area contributed by atoms with Gasteiger partial charge in [-0.05, 0) is 26.0 Å². The summed E-state index contributed by atoms with van der Waals surface area (Å²) < 4.78 is 5.21. The Bertz CT molecular complexity index is 427. The van der Waals surface area contributed by atoms with E-state index in [1.165, 1.54) is 12.1 Å². The number of aromatic carboxylic acids is 2. The minimum absolute atomic E-state index is 0.0625. The van der Waals surface area contributed by atoms with E-state index in [9.17, 15) is 9.59 Å². The summed E-state index contributed by atoms with van der Waals surface area (Å²) in [7, 11) is 0. The second-order valence-corrected chi connectivity index (χ2v) is 3.32. The predicted octanol–water partition coefficient (Wildman–Crippen LogP) is 1.27. The normalized spacial score (nSPS) is 10.2. The van der Waals surface area contributed by atoms with Gasteiger partial charge in [0.1, 0.15) is 5.69 Å². The topological polar surface area (TPSA) is 96.7 Å². The van der Waals surface area contributed by atoms with Gasteiger partial charge in [-0.25, -0.2) is 14.6 Å². The largest absolute Gasteiger partial charge is 0.488 e. The molecule has 0 fully saturated rings. The lowest BCUT2D eigenvalue weighted by molar-refractivity contribution is 0.0679. The fourth-order valence-electron chi connectivity index (χ4n) is 1.07. The van der Waals surface area contributed by atoms with Crippen LogP contribution in [0.1, 0.15) is 34.8 Å². The van der Waals surface area contributed by atoms with Gasteiger partial charge in [-0.1, -0.05) is 0 Å². The van der Waals surface area contributed by atoms with E-state index in [4.69, 9.17) is 14.9 Å². The van der Waals surface area contributed by atoms with E-state index in [0.717, 1.165) is 0 Å². The summed E-state index contributed by atoms with van der Waals surface area (Å²) in [5, 5.41) is 17.5. The average molecular weight is 225 g/mol. The predicted molar refractivity (Wildman–Crippen MR) is 53.9 cm³/mol. The van der Waals surface area contributed by atoms with Crippen LogP contribution in [-0.4, -0.2) is 33.2 Å². The Kier molecular flexibility index (Phi) is 3.44. The molecule has 0 bridgehead atoms. The molecule has 0 unspecified atom stereocenters. The Morgan fingerprint density at radius 2 is 1.88 bits per heavy atom. The third-order valence-electron chi connectivity index (χ3n) is 1.64. The van der Waals surface area contributed by atoms with Gasteiger partial charge < -0.3 is 14.9 Å². The maximum Gasteiger partial charge on any atom is 0.358 e. The molecule has 86 valence electrons. The number of nitrogens with zero attached hydrogens (tertiary/aromatic N) is 1. The third-order valence-corrected chi connectivity index (χ3v) is 1.64.